The second-order valence-electron chi connectivity index (χ2n) is 5.48. The van der Waals surface area contributed by atoms with Gasteiger partial charge in [0.05, 0.1) is 12.6 Å². The Morgan fingerprint density at radius 2 is 2.24 bits per heavy atom. The lowest BCUT2D eigenvalue weighted by Crippen LogP contribution is -2.37. The van der Waals surface area contributed by atoms with Crippen LogP contribution in [0.4, 0.5) is 4.79 Å². The molecule has 3 N–H and O–H groups in total. The Bertz CT molecular complexity index is 548. The molecule has 1 saturated heterocycles. The van der Waals surface area contributed by atoms with Crippen LogP contribution in [0.1, 0.15) is 36.1 Å². The second-order valence-corrected chi connectivity index (χ2v) is 5.48. The van der Waals surface area contributed by atoms with Crippen LogP contribution >= 0.6 is 0 Å². The third kappa shape index (κ3) is 4.60. The summed E-state index contributed by atoms with van der Waals surface area (Å²) in [7, 11) is 0. The smallest absolute Gasteiger partial charge is 0.315 e. The quantitative estimate of drug-likeness (QED) is 0.766. The molecule has 0 saturated carbocycles. The predicted molar refractivity (Wildman–Crippen MR) is 80.4 cm³/mol. The standard InChI is InChI=1S/C15H23N3O3/c1-10-8-11(2)18-14(19)13(10)9-17-15(20)16-6-5-12-4-3-7-21-12/h8,12H,3-7,9H2,1-2H3,(H,18,19)(H2,16,17,20)/t12-/m0/s1. The number of rotatable bonds is 5. The van der Waals surface area contributed by atoms with Gasteiger partial charge in [0.25, 0.3) is 5.56 Å². The minimum atomic E-state index is -0.257. The summed E-state index contributed by atoms with van der Waals surface area (Å²) in [5, 5.41) is 5.50. The number of nitrogens with one attached hydrogen (secondary N) is 3. The van der Waals surface area contributed by atoms with Crippen LogP contribution in [0.15, 0.2) is 10.9 Å². The molecule has 0 bridgehead atoms. The summed E-state index contributed by atoms with van der Waals surface area (Å²) in [5.41, 5.74) is 2.15. The largest absolute Gasteiger partial charge is 0.378 e. The summed E-state index contributed by atoms with van der Waals surface area (Å²) in [6, 6.07) is 1.64. The molecule has 0 radical (unpaired) electrons. The number of carbonyl (C=O) groups is 1. The lowest BCUT2D eigenvalue weighted by Gasteiger charge is -2.11. The van der Waals surface area contributed by atoms with Crippen molar-refractivity contribution < 1.29 is 9.53 Å². The van der Waals surface area contributed by atoms with E-state index in [1.807, 2.05) is 19.9 Å². The van der Waals surface area contributed by atoms with Gasteiger partial charge in [0.15, 0.2) is 0 Å². The van der Waals surface area contributed by atoms with Gasteiger partial charge in [-0.2, -0.15) is 0 Å². The number of ether oxygens (including phenoxy) is 1. The van der Waals surface area contributed by atoms with Gasteiger partial charge in [-0.25, -0.2) is 4.79 Å². The molecular weight excluding hydrogens is 270 g/mol. The van der Waals surface area contributed by atoms with E-state index < -0.39 is 0 Å². The summed E-state index contributed by atoms with van der Waals surface area (Å²) in [6.07, 6.45) is 3.28. The number of H-pyrrole nitrogens is 1. The van der Waals surface area contributed by atoms with Crippen LogP contribution in [0.3, 0.4) is 0 Å². The maximum atomic E-state index is 11.8. The number of hydrogen-bond donors (Lipinski definition) is 3. The summed E-state index contributed by atoms with van der Waals surface area (Å²) < 4.78 is 5.49. The molecule has 1 aromatic rings. The van der Waals surface area contributed by atoms with Crippen molar-refractivity contribution in [1.29, 1.82) is 0 Å². The number of amides is 2. The molecule has 1 atom stereocenters. The topological polar surface area (TPSA) is 83.2 Å². The first-order valence-corrected chi connectivity index (χ1v) is 7.39. The number of carbonyl (C=O) groups excluding carboxylic acids is 1. The number of aryl methyl sites for hydroxylation is 2. The molecule has 6 nitrogen and oxygen atoms in total. The van der Waals surface area contributed by atoms with E-state index in [4.69, 9.17) is 4.74 Å². The van der Waals surface area contributed by atoms with E-state index in [9.17, 15) is 9.59 Å². The summed E-state index contributed by atoms with van der Waals surface area (Å²) in [6.45, 7) is 5.34. The van der Waals surface area contributed by atoms with Crippen molar-refractivity contribution in [2.45, 2.75) is 45.8 Å². The number of pyridine rings is 1. The summed E-state index contributed by atoms with van der Waals surface area (Å²) in [4.78, 5) is 26.3. The normalized spacial score (nSPS) is 17.7. The maximum absolute atomic E-state index is 11.8. The van der Waals surface area contributed by atoms with Gasteiger partial charge >= 0.3 is 6.03 Å². The van der Waals surface area contributed by atoms with E-state index in [1.54, 1.807) is 0 Å². The lowest BCUT2D eigenvalue weighted by molar-refractivity contribution is 0.104. The van der Waals surface area contributed by atoms with Crippen molar-refractivity contribution >= 4 is 6.03 Å². The van der Waals surface area contributed by atoms with Crippen molar-refractivity contribution in [3.63, 3.8) is 0 Å². The van der Waals surface area contributed by atoms with Gasteiger partial charge in [0, 0.05) is 24.4 Å². The Balaban J connectivity index is 1.75. The SMILES string of the molecule is Cc1cc(C)c(CNC(=O)NCC[C@@H]2CCCO2)c(=O)[nH]1. The molecule has 2 rings (SSSR count). The molecule has 116 valence electrons. The molecule has 1 aliphatic heterocycles. The van der Waals surface area contributed by atoms with Crippen LogP contribution in [-0.4, -0.2) is 30.3 Å². The molecule has 1 aliphatic rings. The molecule has 1 fully saturated rings. The zero-order chi connectivity index (χ0) is 15.2. The van der Waals surface area contributed by atoms with Crippen molar-refractivity contribution in [2.75, 3.05) is 13.2 Å². The third-order valence-corrected chi connectivity index (χ3v) is 3.70. The number of aromatic nitrogens is 1. The van der Waals surface area contributed by atoms with Crippen LogP contribution in [-0.2, 0) is 11.3 Å². The second kappa shape index (κ2) is 7.26. The lowest BCUT2D eigenvalue weighted by atomic mass is 10.1. The molecule has 0 aromatic carbocycles. The van der Waals surface area contributed by atoms with Crippen LogP contribution < -0.4 is 16.2 Å². The van der Waals surface area contributed by atoms with Gasteiger partial charge in [-0.1, -0.05) is 0 Å². The van der Waals surface area contributed by atoms with Crippen molar-refractivity contribution in [2.24, 2.45) is 0 Å². The highest BCUT2D eigenvalue weighted by Crippen LogP contribution is 2.14. The molecule has 2 amide bonds. The number of hydrogen-bond acceptors (Lipinski definition) is 3. The molecule has 1 aromatic heterocycles. The highest BCUT2D eigenvalue weighted by molar-refractivity contribution is 5.73. The number of aromatic amines is 1. The van der Waals surface area contributed by atoms with Crippen molar-refractivity contribution in [1.82, 2.24) is 15.6 Å². The zero-order valence-corrected chi connectivity index (χ0v) is 12.6. The number of urea groups is 1. The first-order chi connectivity index (χ1) is 10.1. The van der Waals surface area contributed by atoms with Gasteiger partial charge < -0.3 is 20.4 Å². The Hall–Kier alpha value is -1.82. The fraction of sp³-hybridized carbons (Fsp3) is 0.600. The zero-order valence-electron chi connectivity index (χ0n) is 12.6. The van der Waals surface area contributed by atoms with Gasteiger partial charge in [-0.3, -0.25) is 4.79 Å². The average molecular weight is 293 g/mol. The highest BCUT2D eigenvalue weighted by Gasteiger charge is 2.15. The molecule has 0 unspecified atom stereocenters. The maximum Gasteiger partial charge on any atom is 0.315 e. The van der Waals surface area contributed by atoms with Crippen LogP contribution in [0.5, 0.6) is 0 Å². The van der Waals surface area contributed by atoms with Crippen LogP contribution in [0, 0.1) is 13.8 Å². The van der Waals surface area contributed by atoms with E-state index in [-0.39, 0.29) is 24.2 Å². The molecule has 21 heavy (non-hydrogen) atoms. The van der Waals surface area contributed by atoms with Crippen molar-refractivity contribution in [3.8, 4) is 0 Å². The van der Waals surface area contributed by atoms with Gasteiger partial charge in [0.1, 0.15) is 0 Å². The first-order valence-electron chi connectivity index (χ1n) is 7.39. The van der Waals surface area contributed by atoms with E-state index in [0.717, 1.165) is 37.1 Å². The molecule has 0 aliphatic carbocycles. The van der Waals surface area contributed by atoms with Crippen molar-refractivity contribution in [3.05, 3.63) is 33.2 Å². The minimum absolute atomic E-state index is 0.146. The fourth-order valence-electron chi connectivity index (χ4n) is 2.55. The Labute approximate surface area is 124 Å². The monoisotopic (exact) mass is 293 g/mol. The van der Waals surface area contributed by atoms with Crippen LogP contribution in [0.2, 0.25) is 0 Å². The van der Waals surface area contributed by atoms with E-state index in [0.29, 0.717) is 12.1 Å². The fourth-order valence-corrected chi connectivity index (χ4v) is 2.55. The predicted octanol–water partition coefficient (Wildman–Crippen LogP) is 1.36. The first kappa shape index (κ1) is 15.6. The molecule has 6 heteroatoms. The Morgan fingerprint density at radius 3 is 2.90 bits per heavy atom. The highest BCUT2D eigenvalue weighted by atomic mass is 16.5. The Kier molecular flexibility index (Phi) is 5.38. The average Bonchev–Trinajstić information content (AvgIpc) is 2.90. The summed E-state index contributed by atoms with van der Waals surface area (Å²) >= 11 is 0. The van der Waals surface area contributed by atoms with E-state index in [2.05, 4.69) is 15.6 Å². The Morgan fingerprint density at radius 1 is 1.43 bits per heavy atom. The minimum Gasteiger partial charge on any atom is -0.378 e. The van der Waals surface area contributed by atoms with Gasteiger partial charge in [-0.05, 0) is 44.7 Å². The van der Waals surface area contributed by atoms with E-state index in [1.165, 1.54) is 0 Å². The molecule has 2 heterocycles. The van der Waals surface area contributed by atoms with E-state index >= 15 is 0 Å². The van der Waals surface area contributed by atoms with Gasteiger partial charge in [0.2, 0.25) is 0 Å². The molecular formula is C15H23N3O3. The summed E-state index contributed by atoms with van der Waals surface area (Å²) in [5.74, 6) is 0. The third-order valence-electron chi connectivity index (χ3n) is 3.70. The van der Waals surface area contributed by atoms with Crippen LogP contribution in [0.25, 0.3) is 0 Å². The van der Waals surface area contributed by atoms with Gasteiger partial charge in [-0.15, -0.1) is 0 Å². The molecule has 0 spiro atoms.